The molecule has 0 saturated heterocycles. The van der Waals surface area contributed by atoms with Crippen LogP contribution < -0.4 is 14.8 Å². The van der Waals surface area contributed by atoms with E-state index in [0.717, 1.165) is 28.4 Å². The average molecular weight is 420 g/mol. The van der Waals surface area contributed by atoms with Gasteiger partial charge in [0.15, 0.2) is 0 Å². The number of thioether (sulfide) groups is 1. The minimum absolute atomic E-state index is 0.0342. The number of hydrogen-bond donors (Lipinski definition) is 1. The monoisotopic (exact) mass is 419 g/mol. The van der Waals surface area contributed by atoms with Crippen LogP contribution in [0, 0.1) is 0 Å². The second-order valence-electron chi connectivity index (χ2n) is 7.50. The molecule has 0 aliphatic carbocycles. The van der Waals surface area contributed by atoms with Crippen molar-refractivity contribution in [3.8, 4) is 11.5 Å². The van der Waals surface area contributed by atoms with Crippen LogP contribution in [0.3, 0.4) is 0 Å². The molecule has 2 aromatic carbocycles. The summed E-state index contributed by atoms with van der Waals surface area (Å²) in [4.78, 5) is 14.1. The van der Waals surface area contributed by atoms with Crippen molar-refractivity contribution in [1.82, 2.24) is 5.32 Å². The molecule has 2 atom stereocenters. The molecule has 0 unspecified atom stereocenters. The van der Waals surface area contributed by atoms with E-state index in [0.29, 0.717) is 11.4 Å². The standard InChI is InChI=1S/C22H26ClNO3S/c1-5-20(28-16-9-6-14(23)7-10-16)21(25)24-18-13-22(2,3)27-19-12-15(26-4)8-11-17(18)19/h6-12,18,20H,5,13H2,1-4H3,(H,24,25)/t18-,20+/m0/s1. The Hall–Kier alpha value is -1.85. The number of rotatable bonds is 6. The fourth-order valence-corrected chi connectivity index (χ4v) is 4.44. The van der Waals surface area contributed by atoms with Gasteiger partial charge in [0.25, 0.3) is 0 Å². The highest BCUT2D eigenvalue weighted by Gasteiger charge is 2.35. The molecule has 0 spiro atoms. The van der Waals surface area contributed by atoms with Crippen molar-refractivity contribution in [3.63, 3.8) is 0 Å². The SMILES string of the molecule is CC[C@@H](Sc1ccc(Cl)cc1)C(=O)N[C@H]1CC(C)(C)Oc2cc(OC)ccc21. The highest BCUT2D eigenvalue weighted by Crippen LogP contribution is 2.41. The van der Waals surface area contributed by atoms with Gasteiger partial charge in [-0.3, -0.25) is 4.79 Å². The van der Waals surface area contributed by atoms with E-state index in [4.69, 9.17) is 21.1 Å². The quantitative estimate of drug-likeness (QED) is 0.615. The predicted molar refractivity (Wildman–Crippen MR) is 115 cm³/mol. The number of amides is 1. The van der Waals surface area contributed by atoms with Crippen LogP contribution in [0.4, 0.5) is 0 Å². The third-order valence-corrected chi connectivity index (χ3v) is 6.38. The Kier molecular flexibility index (Phi) is 6.46. The molecule has 1 aliphatic heterocycles. The Morgan fingerprint density at radius 1 is 1.32 bits per heavy atom. The molecule has 1 aliphatic rings. The predicted octanol–water partition coefficient (Wildman–Crippen LogP) is 5.64. The van der Waals surface area contributed by atoms with Crippen LogP contribution in [0.1, 0.15) is 45.2 Å². The number of fused-ring (bicyclic) bond motifs is 1. The van der Waals surface area contributed by atoms with E-state index in [1.165, 1.54) is 0 Å². The van der Waals surface area contributed by atoms with Crippen molar-refractivity contribution in [3.05, 3.63) is 53.1 Å². The zero-order valence-corrected chi connectivity index (χ0v) is 18.2. The third kappa shape index (κ3) is 4.95. The van der Waals surface area contributed by atoms with E-state index in [2.05, 4.69) is 5.32 Å². The average Bonchev–Trinajstić information content (AvgIpc) is 2.66. The fraction of sp³-hybridized carbons (Fsp3) is 0.409. The van der Waals surface area contributed by atoms with Gasteiger partial charge in [0.1, 0.15) is 17.1 Å². The summed E-state index contributed by atoms with van der Waals surface area (Å²) < 4.78 is 11.4. The van der Waals surface area contributed by atoms with Crippen molar-refractivity contribution in [2.24, 2.45) is 0 Å². The lowest BCUT2D eigenvalue weighted by molar-refractivity contribution is -0.121. The Bertz CT molecular complexity index is 838. The summed E-state index contributed by atoms with van der Waals surface area (Å²) in [6, 6.07) is 13.2. The minimum Gasteiger partial charge on any atom is -0.497 e. The molecule has 0 bridgehead atoms. The molecule has 3 rings (SSSR count). The van der Waals surface area contributed by atoms with Crippen LogP contribution in [0.15, 0.2) is 47.4 Å². The van der Waals surface area contributed by atoms with Gasteiger partial charge in [-0.15, -0.1) is 11.8 Å². The lowest BCUT2D eigenvalue weighted by Gasteiger charge is -2.38. The van der Waals surface area contributed by atoms with Crippen molar-refractivity contribution in [2.75, 3.05) is 7.11 Å². The number of benzene rings is 2. The summed E-state index contributed by atoms with van der Waals surface area (Å²) in [7, 11) is 1.63. The number of halogens is 1. The molecular formula is C22H26ClNO3S. The maximum absolute atomic E-state index is 13.0. The van der Waals surface area contributed by atoms with Gasteiger partial charge in [0.2, 0.25) is 5.91 Å². The zero-order valence-electron chi connectivity index (χ0n) is 16.6. The van der Waals surface area contributed by atoms with E-state index in [-0.39, 0.29) is 22.8 Å². The molecule has 0 radical (unpaired) electrons. The second-order valence-corrected chi connectivity index (χ2v) is 9.21. The van der Waals surface area contributed by atoms with E-state index < -0.39 is 0 Å². The Balaban J connectivity index is 1.77. The summed E-state index contributed by atoms with van der Waals surface area (Å²) in [5.41, 5.74) is 0.613. The fourth-order valence-electron chi connectivity index (χ4n) is 3.35. The van der Waals surface area contributed by atoms with Crippen molar-refractivity contribution in [2.45, 2.75) is 55.4 Å². The smallest absolute Gasteiger partial charge is 0.233 e. The molecule has 0 saturated carbocycles. The first kappa shape index (κ1) is 20.9. The molecule has 2 aromatic rings. The Labute approximate surface area is 175 Å². The third-order valence-electron chi connectivity index (χ3n) is 4.75. The van der Waals surface area contributed by atoms with Gasteiger partial charge in [-0.25, -0.2) is 0 Å². The van der Waals surface area contributed by atoms with Gasteiger partial charge < -0.3 is 14.8 Å². The minimum atomic E-state index is -0.373. The van der Waals surface area contributed by atoms with Gasteiger partial charge in [0, 0.05) is 28.0 Å². The molecule has 28 heavy (non-hydrogen) atoms. The van der Waals surface area contributed by atoms with Crippen molar-refractivity contribution >= 4 is 29.3 Å². The first-order valence-electron chi connectivity index (χ1n) is 9.41. The number of ether oxygens (including phenoxy) is 2. The highest BCUT2D eigenvalue weighted by atomic mass is 35.5. The summed E-state index contributed by atoms with van der Waals surface area (Å²) in [5, 5.41) is 3.76. The number of nitrogens with one attached hydrogen (secondary N) is 1. The summed E-state index contributed by atoms with van der Waals surface area (Å²) >= 11 is 7.52. The number of carbonyl (C=O) groups excluding carboxylic acids is 1. The Morgan fingerprint density at radius 3 is 2.68 bits per heavy atom. The van der Waals surface area contributed by atoms with Gasteiger partial charge in [-0.05, 0) is 56.7 Å². The summed E-state index contributed by atoms with van der Waals surface area (Å²) in [6.07, 6.45) is 1.45. The molecule has 0 aromatic heterocycles. The van der Waals surface area contributed by atoms with Crippen molar-refractivity contribution < 1.29 is 14.3 Å². The van der Waals surface area contributed by atoms with E-state index in [9.17, 15) is 4.79 Å². The molecule has 1 heterocycles. The van der Waals surface area contributed by atoms with Gasteiger partial charge in [-0.1, -0.05) is 18.5 Å². The number of hydrogen-bond acceptors (Lipinski definition) is 4. The summed E-state index contributed by atoms with van der Waals surface area (Å²) in [5.74, 6) is 1.54. The number of carbonyl (C=O) groups is 1. The Morgan fingerprint density at radius 2 is 2.04 bits per heavy atom. The van der Waals surface area contributed by atoms with E-state index in [1.807, 2.05) is 63.2 Å². The van der Waals surface area contributed by atoms with Gasteiger partial charge in [0.05, 0.1) is 18.4 Å². The molecular weight excluding hydrogens is 394 g/mol. The van der Waals surface area contributed by atoms with Gasteiger partial charge in [-0.2, -0.15) is 0 Å². The van der Waals surface area contributed by atoms with E-state index >= 15 is 0 Å². The first-order valence-corrected chi connectivity index (χ1v) is 10.7. The molecule has 1 N–H and O–H groups in total. The molecule has 6 heteroatoms. The molecule has 150 valence electrons. The first-order chi connectivity index (χ1) is 13.3. The molecule has 1 amide bonds. The van der Waals surface area contributed by atoms with E-state index in [1.54, 1.807) is 18.9 Å². The van der Waals surface area contributed by atoms with Crippen LogP contribution in [0.2, 0.25) is 5.02 Å². The van der Waals surface area contributed by atoms with Gasteiger partial charge >= 0.3 is 0 Å². The zero-order chi connectivity index (χ0) is 20.3. The number of methoxy groups -OCH3 is 1. The highest BCUT2D eigenvalue weighted by molar-refractivity contribution is 8.00. The molecule has 4 nitrogen and oxygen atoms in total. The normalized spacial score (nSPS) is 18.5. The lowest BCUT2D eigenvalue weighted by atomic mass is 9.89. The van der Waals surface area contributed by atoms with Crippen LogP contribution in [0.5, 0.6) is 11.5 Å². The largest absolute Gasteiger partial charge is 0.497 e. The molecule has 0 fully saturated rings. The second kappa shape index (κ2) is 8.66. The summed E-state index contributed by atoms with van der Waals surface area (Å²) in [6.45, 7) is 6.10. The van der Waals surface area contributed by atoms with Crippen molar-refractivity contribution in [1.29, 1.82) is 0 Å². The lowest BCUT2D eigenvalue weighted by Crippen LogP contribution is -2.43. The maximum Gasteiger partial charge on any atom is 0.233 e. The topological polar surface area (TPSA) is 47.6 Å². The van der Waals surface area contributed by atoms with Crippen LogP contribution >= 0.6 is 23.4 Å². The van der Waals surface area contributed by atoms with Crippen LogP contribution in [0.25, 0.3) is 0 Å². The maximum atomic E-state index is 13.0. The van der Waals surface area contributed by atoms with Crippen LogP contribution in [-0.2, 0) is 4.79 Å². The van der Waals surface area contributed by atoms with Crippen LogP contribution in [-0.4, -0.2) is 23.9 Å².